The van der Waals surface area contributed by atoms with Crippen LogP contribution in [-0.2, 0) is 6.42 Å². The van der Waals surface area contributed by atoms with Crippen molar-refractivity contribution in [1.29, 1.82) is 0 Å². The summed E-state index contributed by atoms with van der Waals surface area (Å²) in [6.45, 7) is 7.14. The van der Waals surface area contributed by atoms with Gasteiger partial charge in [-0.25, -0.2) is 4.98 Å². The van der Waals surface area contributed by atoms with Crippen molar-refractivity contribution < 1.29 is 4.74 Å². The number of para-hydroxylation sites is 1. The molecule has 0 radical (unpaired) electrons. The maximum absolute atomic E-state index is 6.03. The summed E-state index contributed by atoms with van der Waals surface area (Å²) in [5, 5.41) is 3.44. The minimum atomic E-state index is 0.287. The second-order valence-corrected chi connectivity index (χ2v) is 5.78. The first kappa shape index (κ1) is 13.9. The molecule has 0 aliphatic carbocycles. The third-order valence-electron chi connectivity index (χ3n) is 3.62. The van der Waals surface area contributed by atoms with Gasteiger partial charge in [0.2, 0.25) is 5.88 Å². The first-order valence-electron chi connectivity index (χ1n) is 7.52. The molecule has 1 aliphatic heterocycles. The van der Waals surface area contributed by atoms with Crippen LogP contribution in [0, 0.1) is 6.92 Å². The fourth-order valence-corrected chi connectivity index (χ4v) is 2.55. The molecule has 1 N–H and O–H groups in total. The second kappa shape index (κ2) is 5.72. The molecule has 1 aliphatic rings. The van der Waals surface area contributed by atoms with Crippen LogP contribution >= 0.6 is 0 Å². The molecule has 3 rings (SSSR count). The summed E-state index contributed by atoms with van der Waals surface area (Å²) in [7, 11) is 0. The van der Waals surface area contributed by atoms with E-state index in [2.05, 4.69) is 35.2 Å². The highest BCUT2D eigenvalue weighted by atomic mass is 16.5. The van der Waals surface area contributed by atoms with Crippen molar-refractivity contribution >= 4 is 5.69 Å². The molecular weight excluding hydrogens is 262 g/mol. The normalized spacial score (nSPS) is 13.7. The van der Waals surface area contributed by atoms with E-state index in [0.29, 0.717) is 5.88 Å². The van der Waals surface area contributed by atoms with Gasteiger partial charge >= 0.3 is 0 Å². The number of hydrogen-bond acceptors (Lipinski definition) is 4. The molecule has 21 heavy (non-hydrogen) atoms. The van der Waals surface area contributed by atoms with Gasteiger partial charge in [-0.1, -0.05) is 26.0 Å². The molecule has 0 spiro atoms. The fraction of sp³-hybridized carbons (Fsp3) is 0.412. The van der Waals surface area contributed by atoms with Gasteiger partial charge in [0, 0.05) is 24.2 Å². The highest BCUT2D eigenvalue weighted by Crippen LogP contribution is 2.34. The molecule has 110 valence electrons. The van der Waals surface area contributed by atoms with E-state index >= 15 is 0 Å². The Balaban J connectivity index is 1.94. The summed E-state index contributed by atoms with van der Waals surface area (Å²) in [4.78, 5) is 8.97. The van der Waals surface area contributed by atoms with E-state index in [1.807, 2.05) is 25.1 Å². The average molecular weight is 283 g/mol. The molecule has 0 bridgehead atoms. The molecular formula is C17H21N3O. The van der Waals surface area contributed by atoms with E-state index in [9.17, 15) is 0 Å². The molecule has 0 saturated carbocycles. The molecule has 2 aromatic rings. The van der Waals surface area contributed by atoms with Gasteiger partial charge in [0.1, 0.15) is 5.82 Å². The molecule has 4 heteroatoms. The third-order valence-corrected chi connectivity index (χ3v) is 3.62. The minimum Gasteiger partial charge on any atom is -0.437 e. The molecule has 0 unspecified atom stereocenters. The number of ether oxygens (including phenoxy) is 1. The zero-order chi connectivity index (χ0) is 14.8. The number of rotatable bonds is 3. The largest absolute Gasteiger partial charge is 0.437 e. The maximum atomic E-state index is 6.03. The first-order chi connectivity index (χ1) is 10.1. The molecule has 0 fully saturated rings. The predicted octanol–water partition coefficient (Wildman–Crippen LogP) is 4.06. The minimum absolute atomic E-state index is 0.287. The van der Waals surface area contributed by atoms with Crippen molar-refractivity contribution in [3.05, 3.63) is 41.3 Å². The Morgan fingerprint density at radius 1 is 1.24 bits per heavy atom. The number of benzene rings is 1. The summed E-state index contributed by atoms with van der Waals surface area (Å²) in [6.07, 6.45) is 2.26. The van der Waals surface area contributed by atoms with Gasteiger partial charge in [-0.05, 0) is 31.4 Å². The van der Waals surface area contributed by atoms with Gasteiger partial charge in [-0.2, -0.15) is 4.98 Å². The van der Waals surface area contributed by atoms with E-state index in [0.717, 1.165) is 35.9 Å². The van der Waals surface area contributed by atoms with Gasteiger partial charge in [0.15, 0.2) is 5.75 Å². The van der Waals surface area contributed by atoms with Crippen LogP contribution in [0.15, 0.2) is 24.3 Å². The molecule has 0 saturated heterocycles. The molecule has 0 amide bonds. The Hall–Kier alpha value is -2.10. The van der Waals surface area contributed by atoms with Crippen LogP contribution in [0.3, 0.4) is 0 Å². The Morgan fingerprint density at radius 3 is 2.90 bits per heavy atom. The number of aromatic nitrogens is 2. The van der Waals surface area contributed by atoms with E-state index in [4.69, 9.17) is 4.74 Å². The van der Waals surface area contributed by atoms with Gasteiger partial charge < -0.3 is 10.1 Å². The van der Waals surface area contributed by atoms with Crippen LogP contribution in [-0.4, -0.2) is 16.5 Å². The maximum Gasteiger partial charge on any atom is 0.222 e. The molecule has 0 atom stereocenters. The zero-order valence-corrected chi connectivity index (χ0v) is 12.8. The third kappa shape index (κ3) is 2.99. The lowest BCUT2D eigenvalue weighted by Crippen LogP contribution is -2.12. The fourth-order valence-electron chi connectivity index (χ4n) is 2.55. The quantitative estimate of drug-likeness (QED) is 0.922. The summed E-state index contributed by atoms with van der Waals surface area (Å²) in [5.74, 6) is 2.57. The van der Waals surface area contributed by atoms with Crippen LogP contribution in [0.1, 0.15) is 43.3 Å². The Labute approximate surface area is 125 Å². The lowest BCUT2D eigenvalue weighted by atomic mass is 10.0. The van der Waals surface area contributed by atoms with Crippen molar-refractivity contribution in [2.75, 3.05) is 11.9 Å². The van der Waals surface area contributed by atoms with E-state index < -0.39 is 0 Å². The molecule has 1 aromatic carbocycles. The lowest BCUT2D eigenvalue weighted by Gasteiger charge is -2.21. The average Bonchev–Trinajstić information content (AvgIpc) is 2.47. The van der Waals surface area contributed by atoms with Gasteiger partial charge in [0.05, 0.1) is 5.69 Å². The number of fused-ring (bicyclic) bond motifs is 1. The lowest BCUT2D eigenvalue weighted by molar-refractivity contribution is 0.456. The van der Waals surface area contributed by atoms with Crippen molar-refractivity contribution in [2.24, 2.45) is 0 Å². The number of hydrogen-bond donors (Lipinski definition) is 1. The number of nitrogens with zero attached hydrogens (tertiary/aromatic N) is 2. The smallest absolute Gasteiger partial charge is 0.222 e. The first-order valence-corrected chi connectivity index (χ1v) is 7.52. The monoisotopic (exact) mass is 283 g/mol. The van der Waals surface area contributed by atoms with Crippen LogP contribution < -0.4 is 10.1 Å². The summed E-state index contributed by atoms with van der Waals surface area (Å²) < 4.78 is 6.03. The topological polar surface area (TPSA) is 47.0 Å². The van der Waals surface area contributed by atoms with Gasteiger partial charge in [-0.3, -0.25) is 0 Å². The van der Waals surface area contributed by atoms with Crippen molar-refractivity contribution in [3.8, 4) is 11.6 Å². The highest BCUT2D eigenvalue weighted by Gasteiger charge is 2.15. The molecule has 2 heterocycles. The van der Waals surface area contributed by atoms with E-state index in [1.165, 1.54) is 12.0 Å². The second-order valence-electron chi connectivity index (χ2n) is 5.78. The highest BCUT2D eigenvalue weighted by molar-refractivity contribution is 5.64. The predicted molar refractivity (Wildman–Crippen MR) is 84.2 cm³/mol. The SMILES string of the molecule is Cc1cc(Oc2cccc3c2NCCC3)nc(C(C)C)n1. The van der Waals surface area contributed by atoms with Gasteiger partial charge in [-0.15, -0.1) is 0 Å². The summed E-state index contributed by atoms with van der Waals surface area (Å²) in [5.41, 5.74) is 3.35. The van der Waals surface area contributed by atoms with Gasteiger partial charge in [0.25, 0.3) is 0 Å². The van der Waals surface area contributed by atoms with Crippen LogP contribution in [0.2, 0.25) is 0 Å². The van der Waals surface area contributed by atoms with E-state index in [-0.39, 0.29) is 5.92 Å². The Bertz CT molecular complexity index is 652. The number of aryl methyl sites for hydroxylation is 2. The van der Waals surface area contributed by atoms with Crippen LogP contribution in [0.4, 0.5) is 5.69 Å². The number of nitrogens with one attached hydrogen (secondary N) is 1. The van der Waals surface area contributed by atoms with Crippen LogP contribution in [0.5, 0.6) is 11.6 Å². The molecule has 4 nitrogen and oxygen atoms in total. The number of anilines is 1. The zero-order valence-electron chi connectivity index (χ0n) is 12.8. The standard InChI is InChI=1S/C17H21N3O/c1-11(2)17-19-12(3)10-15(20-17)21-14-8-4-6-13-7-5-9-18-16(13)14/h4,6,8,10-11,18H,5,7,9H2,1-3H3. The Kier molecular flexibility index (Phi) is 3.78. The summed E-state index contributed by atoms with van der Waals surface area (Å²) in [6, 6.07) is 8.06. The van der Waals surface area contributed by atoms with E-state index in [1.54, 1.807) is 0 Å². The van der Waals surface area contributed by atoms with Crippen LogP contribution in [0.25, 0.3) is 0 Å². The van der Waals surface area contributed by atoms with Crippen molar-refractivity contribution in [3.63, 3.8) is 0 Å². The summed E-state index contributed by atoms with van der Waals surface area (Å²) >= 11 is 0. The van der Waals surface area contributed by atoms with Crippen molar-refractivity contribution in [2.45, 2.75) is 39.5 Å². The van der Waals surface area contributed by atoms with Crippen molar-refractivity contribution in [1.82, 2.24) is 9.97 Å². The molecule has 1 aromatic heterocycles. The Morgan fingerprint density at radius 2 is 2.10 bits per heavy atom.